The molecule has 3 rings (SSSR count). The molecule has 2 atom stereocenters. The molecule has 0 spiro atoms. The van der Waals surface area contributed by atoms with Gasteiger partial charge in [-0.1, -0.05) is 6.92 Å². The number of aliphatic hydroxyl groups is 1. The SMILES string of the molecule is CC1CCN(C(=O)c2ccc3c(c2)OCO3)C1CO. The van der Waals surface area contributed by atoms with E-state index in [2.05, 4.69) is 6.92 Å². The standard InChI is InChI=1S/C14H17NO4/c1-9-4-5-15(11(9)7-16)14(17)10-2-3-12-13(6-10)19-8-18-12/h2-3,6,9,11,16H,4-5,7-8H2,1H3. The van der Waals surface area contributed by atoms with Crippen LogP contribution in [0.15, 0.2) is 18.2 Å². The molecule has 2 aliphatic rings. The van der Waals surface area contributed by atoms with Crippen molar-refractivity contribution in [2.45, 2.75) is 19.4 Å². The van der Waals surface area contributed by atoms with Crippen LogP contribution in [0.5, 0.6) is 11.5 Å². The third kappa shape index (κ3) is 2.04. The second-order valence-corrected chi connectivity index (χ2v) is 5.08. The third-order valence-electron chi connectivity index (χ3n) is 3.95. The minimum absolute atomic E-state index is 0.0114. The van der Waals surface area contributed by atoms with E-state index in [1.807, 2.05) is 0 Å². The minimum Gasteiger partial charge on any atom is -0.454 e. The first kappa shape index (κ1) is 12.3. The first-order chi connectivity index (χ1) is 9.20. The van der Waals surface area contributed by atoms with Crippen molar-refractivity contribution < 1.29 is 19.4 Å². The van der Waals surface area contributed by atoms with E-state index in [1.54, 1.807) is 23.1 Å². The molecule has 0 radical (unpaired) electrons. The van der Waals surface area contributed by atoms with E-state index < -0.39 is 0 Å². The van der Waals surface area contributed by atoms with Gasteiger partial charge in [-0.25, -0.2) is 0 Å². The van der Waals surface area contributed by atoms with Gasteiger partial charge in [0.15, 0.2) is 11.5 Å². The van der Waals surface area contributed by atoms with Gasteiger partial charge in [0.2, 0.25) is 6.79 Å². The van der Waals surface area contributed by atoms with Gasteiger partial charge in [-0.3, -0.25) is 4.79 Å². The third-order valence-corrected chi connectivity index (χ3v) is 3.95. The van der Waals surface area contributed by atoms with Gasteiger partial charge in [-0.15, -0.1) is 0 Å². The van der Waals surface area contributed by atoms with Crippen LogP contribution in [0.1, 0.15) is 23.7 Å². The molecule has 1 N–H and O–H groups in total. The molecule has 19 heavy (non-hydrogen) atoms. The molecule has 5 nitrogen and oxygen atoms in total. The van der Waals surface area contributed by atoms with E-state index in [0.29, 0.717) is 29.5 Å². The average Bonchev–Trinajstić information content (AvgIpc) is 3.02. The Labute approximate surface area is 111 Å². The minimum atomic E-state index is -0.0853. The Morgan fingerprint density at radius 3 is 3.00 bits per heavy atom. The van der Waals surface area contributed by atoms with Crippen molar-refractivity contribution in [1.82, 2.24) is 4.90 Å². The number of carbonyl (C=O) groups excluding carboxylic acids is 1. The highest BCUT2D eigenvalue weighted by molar-refractivity contribution is 5.95. The smallest absolute Gasteiger partial charge is 0.254 e. The van der Waals surface area contributed by atoms with Crippen molar-refractivity contribution in [3.63, 3.8) is 0 Å². The average molecular weight is 263 g/mol. The Bertz CT molecular complexity index is 502. The van der Waals surface area contributed by atoms with E-state index >= 15 is 0 Å². The van der Waals surface area contributed by atoms with E-state index in [9.17, 15) is 9.90 Å². The number of hydrogen-bond donors (Lipinski definition) is 1. The Kier molecular flexibility index (Phi) is 3.06. The number of amides is 1. The fourth-order valence-corrected chi connectivity index (χ4v) is 2.73. The predicted molar refractivity (Wildman–Crippen MR) is 68.3 cm³/mol. The van der Waals surface area contributed by atoms with Crippen molar-refractivity contribution in [3.8, 4) is 11.5 Å². The van der Waals surface area contributed by atoms with Gasteiger partial charge in [0, 0.05) is 12.1 Å². The zero-order valence-electron chi connectivity index (χ0n) is 10.8. The van der Waals surface area contributed by atoms with E-state index in [-0.39, 0.29) is 25.3 Å². The maximum atomic E-state index is 12.5. The number of likely N-dealkylation sites (tertiary alicyclic amines) is 1. The molecule has 1 aromatic carbocycles. The van der Waals surface area contributed by atoms with Crippen LogP contribution in [0, 0.1) is 5.92 Å². The zero-order valence-corrected chi connectivity index (χ0v) is 10.8. The Morgan fingerprint density at radius 1 is 1.42 bits per heavy atom. The zero-order chi connectivity index (χ0) is 13.4. The normalized spacial score (nSPS) is 24.8. The quantitative estimate of drug-likeness (QED) is 0.872. The number of ether oxygens (including phenoxy) is 2. The first-order valence-corrected chi connectivity index (χ1v) is 6.52. The Hall–Kier alpha value is -1.75. The summed E-state index contributed by atoms with van der Waals surface area (Å²) in [6, 6.07) is 5.12. The number of nitrogens with zero attached hydrogens (tertiary/aromatic N) is 1. The van der Waals surface area contributed by atoms with Crippen molar-refractivity contribution in [2.75, 3.05) is 19.9 Å². The molecule has 2 heterocycles. The molecular weight excluding hydrogens is 246 g/mol. The van der Waals surface area contributed by atoms with E-state index in [1.165, 1.54) is 0 Å². The van der Waals surface area contributed by atoms with Crippen LogP contribution in [0.3, 0.4) is 0 Å². The monoisotopic (exact) mass is 263 g/mol. The summed E-state index contributed by atoms with van der Waals surface area (Å²) in [7, 11) is 0. The van der Waals surface area contributed by atoms with Crippen LogP contribution in [0.25, 0.3) is 0 Å². The second kappa shape index (κ2) is 4.74. The molecule has 1 saturated heterocycles. The van der Waals surface area contributed by atoms with Crippen molar-refractivity contribution in [2.24, 2.45) is 5.92 Å². The van der Waals surface area contributed by atoms with Crippen molar-refractivity contribution >= 4 is 5.91 Å². The summed E-state index contributed by atoms with van der Waals surface area (Å²) in [6.45, 7) is 2.97. The highest BCUT2D eigenvalue weighted by Gasteiger charge is 2.34. The fraction of sp³-hybridized carbons (Fsp3) is 0.500. The van der Waals surface area contributed by atoms with Gasteiger partial charge < -0.3 is 19.5 Å². The van der Waals surface area contributed by atoms with Gasteiger partial charge in [0.1, 0.15) is 0 Å². The molecule has 2 aliphatic heterocycles. The summed E-state index contributed by atoms with van der Waals surface area (Å²) in [5, 5.41) is 9.42. The van der Waals surface area contributed by atoms with Crippen LogP contribution in [0.4, 0.5) is 0 Å². The van der Waals surface area contributed by atoms with E-state index in [4.69, 9.17) is 9.47 Å². The summed E-state index contributed by atoms with van der Waals surface area (Å²) < 4.78 is 10.5. The fourth-order valence-electron chi connectivity index (χ4n) is 2.73. The number of fused-ring (bicyclic) bond motifs is 1. The first-order valence-electron chi connectivity index (χ1n) is 6.52. The van der Waals surface area contributed by atoms with Gasteiger partial charge in [0.25, 0.3) is 5.91 Å². The summed E-state index contributed by atoms with van der Waals surface area (Å²) in [5.74, 6) is 1.56. The largest absolute Gasteiger partial charge is 0.454 e. The summed E-state index contributed by atoms with van der Waals surface area (Å²) >= 11 is 0. The number of aliphatic hydroxyl groups excluding tert-OH is 1. The lowest BCUT2D eigenvalue weighted by atomic mass is 10.0. The van der Waals surface area contributed by atoms with Crippen LogP contribution < -0.4 is 9.47 Å². The van der Waals surface area contributed by atoms with Gasteiger partial charge in [-0.2, -0.15) is 0 Å². The van der Waals surface area contributed by atoms with Crippen LogP contribution in [-0.4, -0.2) is 41.9 Å². The molecule has 1 aromatic rings. The lowest BCUT2D eigenvalue weighted by Crippen LogP contribution is -2.39. The molecule has 1 fully saturated rings. The van der Waals surface area contributed by atoms with Crippen LogP contribution in [0.2, 0.25) is 0 Å². The number of hydrogen-bond acceptors (Lipinski definition) is 4. The molecule has 102 valence electrons. The maximum Gasteiger partial charge on any atom is 0.254 e. The highest BCUT2D eigenvalue weighted by atomic mass is 16.7. The molecule has 0 aliphatic carbocycles. The summed E-state index contributed by atoms with van der Waals surface area (Å²) in [4.78, 5) is 14.2. The summed E-state index contributed by atoms with van der Waals surface area (Å²) in [6.07, 6.45) is 0.932. The molecule has 0 bridgehead atoms. The number of benzene rings is 1. The number of rotatable bonds is 2. The number of carbonyl (C=O) groups is 1. The Morgan fingerprint density at radius 2 is 2.21 bits per heavy atom. The van der Waals surface area contributed by atoms with Gasteiger partial charge in [-0.05, 0) is 30.5 Å². The van der Waals surface area contributed by atoms with Crippen LogP contribution >= 0.6 is 0 Å². The van der Waals surface area contributed by atoms with E-state index in [0.717, 1.165) is 6.42 Å². The lowest BCUT2D eigenvalue weighted by molar-refractivity contribution is 0.0648. The van der Waals surface area contributed by atoms with Gasteiger partial charge >= 0.3 is 0 Å². The Balaban J connectivity index is 1.84. The molecular formula is C14H17NO4. The topological polar surface area (TPSA) is 59.0 Å². The molecule has 0 aromatic heterocycles. The second-order valence-electron chi connectivity index (χ2n) is 5.08. The van der Waals surface area contributed by atoms with Crippen LogP contribution in [-0.2, 0) is 0 Å². The molecule has 2 unspecified atom stereocenters. The highest BCUT2D eigenvalue weighted by Crippen LogP contribution is 2.34. The molecule has 0 saturated carbocycles. The lowest BCUT2D eigenvalue weighted by Gasteiger charge is -2.25. The van der Waals surface area contributed by atoms with Crippen molar-refractivity contribution in [1.29, 1.82) is 0 Å². The maximum absolute atomic E-state index is 12.5. The summed E-state index contributed by atoms with van der Waals surface area (Å²) in [5.41, 5.74) is 0.580. The molecule has 5 heteroatoms. The van der Waals surface area contributed by atoms with Crippen molar-refractivity contribution in [3.05, 3.63) is 23.8 Å². The predicted octanol–water partition coefficient (Wildman–Crippen LogP) is 1.26. The van der Waals surface area contributed by atoms with Gasteiger partial charge in [0.05, 0.1) is 12.6 Å². The molecule has 1 amide bonds.